The highest BCUT2D eigenvalue weighted by Crippen LogP contribution is 2.38. The maximum atomic E-state index is 13.5. The van der Waals surface area contributed by atoms with Gasteiger partial charge in [0.2, 0.25) is 5.92 Å². The van der Waals surface area contributed by atoms with Crippen LogP contribution in [0.25, 0.3) is 10.9 Å². The smallest absolute Gasteiger partial charge is 0.410 e. The first-order valence-electron chi connectivity index (χ1n) is 12.8. The van der Waals surface area contributed by atoms with Gasteiger partial charge >= 0.3 is 6.09 Å². The molecule has 10 heteroatoms. The third-order valence-electron chi connectivity index (χ3n) is 7.22. The Hall–Kier alpha value is -2.39. The molecule has 1 aromatic heterocycles. The maximum Gasteiger partial charge on any atom is 0.410 e. The van der Waals surface area contributed by atoms with Gasteiger partial charge in [0.15, 0.2) is 0 Å². The standard InChI is InChI=1S/C27H36ClF2N3O4/c1-17-12-20(28)22-19(23(34)31-16-26(36)7-9-27(29,30)10-8-26)15-32(21(22)13-17)14-18-6-5-11-33(18)24(35)37-25(2,3)4/h12-13,15,18,36H,5-11,14,16H2,1-4H3,(H,31,34)/t18-/m0/s1. The van der Waals surface area contributed by atoms with Crippen LogP contribution in [0.3, 0.4) is 0 Å². The van der Waals surface area contributed by atoms with Crippen LogP contribution in [0.15, 0.2) is 18.3 Å². The molecule has 1 aliphatic heterocycles. The molecule has 0 spiro atoms. The molecule has 204 valence electrons. The Morgan fingerprint density at radius 1 is 1.22 bits per heavy atom. The van der Waals surface area contributed by atoms with Crippen molar-refractivity contribution in [3.05, 3.63) is 34.5 Å². The lowest BCUT2D eigenvalue weighted by molar-refractivity contribution is -0.101. The molecular weight excluding hydrogens is 504 g/mol. The second kappa shape index (κ2) is 10.1. The molecule has 2 heterocycles. The van der Waals surface area contributed by atoms with Gasteiger partial charge in [-0.3, -0.25) is 4.79 Å². The largest absolute Gasteiger partial charge is 0.444 e. The average Bonchev–Trinajstić information content (AvgIpc) is 3.39. The number of aromatic nitrogens is 1. The molecule has 37 heavy (non-hydrogen) atoms. The Labute approximate surface area is 221 Å². The first-order valence-corrected chi connectivity index (χ1v) is 13.2. The molecule has 7 nitrogen and oxygen atoms in total. The van der Waals surface area contributed by atoms with Gasteiger partial charge in [0.05, 0.1) is 27.7 Å². The summed E-state index contributed by atoms with van der Waals surface area (Å²) in [5, 5.41) is 14.5. The minimum Gasteiger partial charge on any atom is -0.444 e. The number of rotatable bonds is 5. The number of likely N-dealkylation sites (tertiary alicyclic amines) is 1. The van der Waals surface area contributed by atoms with E-state index < -0.39 is 35.9 Å². The Bertz CT molecular complexity index is 1180. The number of carbonyl (C=O) groups is 2. The number of amides is 2. The Kier molecular flexibility index (Phi) is 7.51. The van der Waals surface area contributed by atoms with Crippen molar-refractivity contribution in [3.8, 4) is 0 Å². The van der Waals surface area contributed by atoms with E-state index in [-0.39, 0.29) is 31.5 Å². The lowest BCUT2D eigenvalue weighted by atomic mass is 9.82. The molecule has 1 atom stereocenters. The van der Waals surface area contributed by atoms with E-state index in [2.05, 4.69) is 5.32 Å². The van der Waals surface area contributed by atoms with Gasteiger partial charge in [0, 0.05) is 44.1 Å². The predicted octanol–water partition coefficient (Wildman–Crippen LogP) is 5.67. The topological polar surface area (TPSA) is 83.8 Å². The van der Waals surface area contributed by atoms with Crippen molar-refractivity contribution in [1.29, 1.82) is 0 Å². The fourth-order valence-corrected chi connectivity index (χ4v) is 5.61. The number of aryl methyl sites for hydroxylation is 1. The fourth-order valence-electron chi connectivity index (χ4n) is 5.24. The normalized spacial score (nSPS) is 21.3. The summed E-state index contributed by atoms with van der Waals surface area (Å²) in [6.07, 6.45) is 2.05. The van der Waals surface area contributed by atoms with Crippen LogP contribution in [0.4, 0.5) is 13.6 Å². The molecule has 2 fully saturated rings. The van der Waals surface area contributed by atoms with Crippen LogP contribution in [-0.2, 0) is 11.3 Å². The molecule has 0 unspecified atom stereocenters. The van der Waals surface area contributed by atoms with Crippen molar-refractivity contribution < 1.29 is 28.2 Å². The van der Waals surface area contributed by atoms with Crippen LogP contribution >= 0.6 is 11.6 Å². The highest BCUT2D eigenvalue weighted by atomic mass is 35.5. The molecule has 0 radical (unpaired) electrons. The van der Waals surface area contributed by atoms with Gasteiger partial charge in [0.1, 0.15) is 5.60 Å². The monoisotopic (exact) mass is 539 g/mol. The van der Waals surface area contributed by atoms with Crippen molar-refractivity contribution in [2.24, 2.45) is 0 Å². The summed E-state index contributed by atoms with van der Waals surface area (Å²) in [6, 6.07) is 3.62. The minimum atomic E-state index is -2.78. The molecule has 4 rings (SSSR count). The summed E-state index contributed by atoms with van der Waals surface area (Å²) in [4.78, 5) is 27.8. The molecule has 2 aromatic rings. The Balaban J connectivity index is 1.56. The molecule has 2 amide bonds. The highest BCUT2D eigenvalue weighted by Gasteiger charge is 2.42. The number of hydrogen-bond donors (Lipinski definition) is 2. The van der Waals surface area contributed by atoms with E-state index in [1.807, 2.05) is 38.3 Å². The summed E-state index contributed by atoms with van der Waals surface area (Å²) in [7, 11) is 0. The average molecular weight is 540 g/mol. The van der Waals surface area contributed by atoms with E-state index in [1.54, 1.807) is 17.2 Å². The number of nitrogens with one attached hydrogen (secondary N) is 1. The summed E-state index contributed by atoms with van der Waals surface area (Å²) in [5.41, 5.74) is 0.0670. The first kappa shape index (κ1) is 27.6. The van der Waals surface area contributed by atoms with E-state index in [1.165, 1.54) is 0 Å². The van der Waals surface area contributed by atoms with Crippen LogP contribution in [0.1, 0.15) is 75.2 Å². The van der Waals surface area contributed by atoms with Crippen molar-refractivity contribution in [2.75, 3.05) is 13.1 Å². The zero-order valence-electron chi connectivity index (χ0n) is 21.9. The summed E-state index contributed by atoms with van der Waals surface area (Å²) in [5.74, 6) is -3.21. The van der Waals surface area contributed by atoms with Gasteiger partial charge in [0.25, 0.3) is 5.91 Å². The number of benzene rings is 1. The summed E-state index contributed by atoms with van der Waals surface area (Å²) in [6.45, 7) is 8.36. The van der Waals surface area contributed by atoms with E-state index in [0.717, 1.165) is 23.9 Å². The molecule has 1 saturated carbocycles. The van der Waals surface area contributed by atoms with E-state index in [4.69, 9.17) is 16.3 Å². The molecule has 2 aliphatic rings. The summed E-state index contributed by atoms with van der Waals surface area (Å²) < 4.78 is 34.6. The molecule has 0 bridgehead atoms. The molecule has 1 aromatic carbocycles. The molecule has 1 aliphatic carbocycles. The number of fused-ring (bicyclic) bond motifs is 1. The lowest BCUT2D eigenvalue weighted by Gasteiger charge is -2.35. The van der Waals surface area contributed by atoms with E-state index >= 15 is 0 Å². The lowest BCUT2D eigenvalue weighted by Crippen LogP contribution is -2.47. The van der Waals surface area contributed by atoms with Gasteiger partial charge in [-0.1, -0.05) is 11.6 Å². The number of carbonyl (C=O) groups excluding carboxylic acids is 2. The van der Waals surface area contributed by atoms with E-state index in [0.29, 0.717) is 29.1 Å². The van der Waals surface area contributed by atoms with Gasteiger partial charge in [-0.25, -0.2) is 13.6 Å². The van der Waals surface area contributed by atoms with Gasteiger partial charge in [-0.15, -0.1) is 0 Å². The number of aliphatic hydroxyl groups is 1. The second-order valence-corrected chi connectivity index (χ2v) is 12.0. The maximum absolute atomic E-state index is 13.5. The number of hydrogen-bond acceptors (Lipinski definition) is 4. The van der Waals surface area contributed by atoms with Gasteiger partial charge in [-0.05, 0) is 71.1 Å². The Morgan fingerprint density at radius 3 is 2.54 bits per heavy atom. The fraction of sp³-hybridized carbons (Fsp3) is 0.630. The molecule has 2 N–H and O–H groups in total. The first-order chi connectivity index (χ1) is 17.2. The number of nitrogens with zero attached hydrogens (tertiary/aromatic N) is 2. The molecule has 1 saturated heterocycles. The second-order valence-electron chi connectivity index (χ2n) is 11.6. The van der Waals surface area contributed by atoms with Crippen LogP contribution in [-0.4, -0.2) is 62.8 Å². The van der Waals surface area contributed by atoms with Crippen LogP contribution in [0.5, 0.6) is 0 Å². The van der Waals surface area contributed by atoms with Crippen molar-refractivity contribution in [3.63, 3.8) is 0 Å². The highest BCUT2D eigenvalue weighted by molar-refractivity contribution is 6.37. The minimum absolute atomic E-state index is 0.0792. The third-order valence-corrected chi connectivity index (χ3v) is 7.52. The quantitative estimate of drug-likeness (QED) is 0.512. The van der Waals surface area contributed by atoms with Crippen molar-refractivity contribution in [2.45, 2.75) is 95.9 Å². The summed E-state index contributed by atoms with van der Waals surface area (Å²) >= 11 is 6.59. The SMILES string of the molecule is Cc1cc(Cl)c2c(C(=O)NCC3(O)CCC(F)(F)CC3)cn(C[C@@H]3CCCN3C(=O)OC(C)(C)C)c2c1. The zero-order chi connectivity index (χ0) is 27.2. The van der Waals surface area contributed by atoms with Gasteiger partial charge < -0.3 is 24.6 Å². The zero-order valence-corrected chi connectivity index (χ0v) is 22.6. The van der Waals surface area contributed by atoms with Crippen LogP contribution < -0.4 is 5.32 Å². The van der Waals surface area contributed by atoms with Gasteiger partial charge in [-0.2, -0.15) is 0 Å². The van der Waals surface area contributed by atoms with Crippen LogP contribution in [0, 0.1) is 6.92 Å². The van der Waals surface area contributed by atoms with Crippen LogP contribution in [0.2, 0.25) is 5.02 Å². The Morgan fingerprint density at radius 2 is 1.89 bits per heavy atom. The predicted molar refractivity (Wildman–Crippen MR) is 138 cm³/mol. The number of alkyl halides is 2. The van der Waals surface area contributed by atoms with Crippen molar-refractivity contribution in [1.82, 2.24) is 14.8 Å². The molecular formula is C27H36ClF2N3O4. The van der Waals surface area contributed by atoms with Crippen molar-refractivity contribution >= 4 is 34.5 Å². The number of halogens is 3. The third kappa shape index (κ3) is 6.37. The number of ether oxygens (including phenoxy) is 1. The van der Waals surface area contributed by atoms with E-state index in [9.17, 15) is 23.5 Å².